The Morgan fingerprint density at radius 3 is 2.45 bits per heavy atom. The first-order valence-electron chi connectivity index (χ1n) is 10.5. The maximum atomic E-state index is 12.3. The number of aromatic amines is 1. The van der Waals surface area contributed by atoms with Gasteiger partial charge in [0, 0.05) is 24.5 Å². The van der Waals surface area contributed by atoms with E-state index in [1.54, 1.807) is 20.3 Å². The van der Waals surface area contributed by atoms with Gasteiger partial charge in [0.25, 0.3) is 0 Å². The van der Waals surface area contributed by atoms with E-state index < -0.39 is 0 Å². The van der Waals surface area contributed by atoms with E-state index in [0.717, 1.165) is 58.8 Å². The highest BCUT2D eigenvalue weighted by Crippen LogP contribution is 2.35. The number of anilines is 1. The van der Waals surface area contributed by atoms with Crippen LogP contribution in [-0.4, -0.2) is 32.3 Å². The molecule has 7 heteroatoms. The van der Waals surface area contributed by atoms with E-state index in [9.17, 15) is 4.79 Å². The summed E-state index contributed by atoms with van der Waals surface area (Å²) in [6, 6.07) is 13.2. The van der Waals surface area contributed by atoms with Crippen molar-refractivity contribution in [3.8, 4) is 11.5 Å². The van der Waals surface area contributed by atoms with Crippen LogP contribution in [0.3, 0.4) is 0 Å². The van der Waals surface area contributed by atoms with E-state index in [1.165, 1.54) is 0 Å². The Morgan fingerprint density at radius 1 is 1.06 bits per heavy atom. The molecule has 0 bridgehead atoms. The van der Waals surface area contributed by atoms with Gasteiger partial charge in [0.15, 0.2) is 5.43 Å². The molecule has 0 aliphatic rings. The molecule has 1 atom stereocenters. The molecular formula is C24H30BrN3O3. The highest BCUT2D eigenvalue weighted by molar-refractivity contribution is 9.10. The van der Waals surface area contributed by atoms with Crippen LogP contribution in [0.5, 0.6) is 11.5 Å². The summed E-state index contributed by atoms with van der Waals surface area (Å²) >= 11 is 3.51. The van der Waals surface area contributed by atoms with E-state index >= 15 is 0 Å². The smallest absolute Gasteiger partial charge is 0.191 e. The molecule has 6 nitrogen and oxygen atoms in total. The van der Waals surface area contributed by atoms with Gasteiger partial charge < -0.3 is 25.1 Å². The van der Waals surface area contributed by atoms with Crippen molar-refractivity contribution in [2.24, 2.45) is 5.92 Å². The normalized spacial score (nSPS) is 12.0. The Bertz CT molecular complexity index is 1040. The maximum Gasteiger partial charge on any atom is 0.191 e. The summed E-state index contributed by atoms with van der Waals surface area (Å²) in [6.45, 7) is 4.55. The fourth-order valence-corrected chi connectivity index (χ4v) is 4.23. The summed E-state index contributed by atoms with van der Waals surface area (Å²) in [5.41, 5.74) is 1.97. The number of hydrogen-bond acceptors (Lipinski definition) is 5. The molecule has 0 fully saturated rings. The van der Waals surface area contributed by atoms with Gasteiger partial charge in [-0.2, -0.15) is 0 Å². The molecule has 0 saturated carbocycles. The lowest BCUT2D eigenvalue weighted by Gasteiger charge is -2.19. The summed E-state index contributed by atoms with van der Waals surface area (Å²) in [6.07, 6.45) is 2.19. The Labute approximate surface area is 191 Å². The number of ether oxygens (including phenoxy) is 2. The van der Waals surface area contributed by atoms with Crippen molar-refractivity contribution >= 4 is 32.7 Å². The average molecular weight is 488 g/mol. The molecule has 31 heavy (non-hydrogen) atoms. The van der Waals surface area contributed by atoms with Crippen molar-refractivity contribution in [1.82, 2.24) is 10.3 Å². The van der Waals surface area contributed by atoms with Gasteiger partial charge in [0.2, 0.25) is 0 Å². The van der Waals surface area contributed by atoms with Gasteiger partial charge in [-0.1, -0.05) is 25.5 Å². The monoisotopic (exact) mass is 487 g/mol. The van der Waals surface area contributed by atoms with E-state index in [-0.39, 0.29) is 5.43 Å². The van der Waals surface area contributed by atoms with Gasteiger partial charge in [-0.15, -0.1) is 0 Å². The predicted molar refractivity (Wildman–Crippen MR) is 130 cm³/mol. The van der Waals surface area contributed by atoms with Gasteiger partial charge >= 0.3 is 0 Å². The zero-order valence-electron chi connectivity index (χ0n) is 18.3. The number of aromatic nitrogens is 1. The SMILES string of the molecule is CCCC(CNCc1cc(OC)c(Br)c(OC)c1)CNc1cc(=O)c2ccccc2[nH]1. The summed E-state index contributed by atoms with van der Waals surface area (Å²) in [4.78, 5) is 15.6. The molecule has 0 amide bonds. The van der Waals surface area contributed by atoms with Crippen molar-refractivity contribution < 1.29 is 9.47 Å². The molecule has 0 spiro atoms. The molecule has 3 aromatic rings. The number of fused-ring (bicyclic) bond motifs is 1. The Hall–Kier alpha value is -2.51. The summed E-state index contributed by atoms with van der Waals surface area (Å²) in [5.74, 6) is 2.69. The first kappa shape index (κ1) is 23.2. The summed E-state index contributed by atoms with van der Waals surface area (Å²) in [5, 5.41) is 7.67. The minimum Gasteiger partial charge on any atom is -0.495 e. The maximum absolute atomic E-state index is 12.3. The molecule has 3 rings (SSSR count). The van der Waals surface area contributed by atoms with Gasteiger partial charge in [0.05, 0.1) is 19.7 Å². The fourth-order valence-electron chi connectivity index (χ4n) is 3.68. The molecule has 1 unspecified atom stereocenters. The third kappa shape index (κ3) is 6.02. The Kier molecular flexibility index (Phi) is 8.37. The number of pyridine rings is 1. The molecule has 0 radical (unpaired) electrons. The van der Waals surface area contributed by atoms with E-state index in [1.807, 2.05) is 36.4 Å². The summed E-state index contributed by atoms with van der Waals surface area (Å²) < 4.78 is 11.7. The molecule has 3 N–H and O–H groups in total. The van der Waals surface area contributed by atoms with Crippen molar-refractivity contribution in [2.45, 2.75) is 26.3 Å². The Balaban J connectivity index is 1.60. The molecule has 0 aliphatic heterocycles. The minimum absolute atomic E-state index is 0.0279. The van der Waals surface area contributed by atoms with Gasteiger partial charge in [0.1, 0.15) is 21.8 Å². The molecule has 166 valence electrons. The van der Waals surface area contributed by atoms with E-state index in [4.69, 9.17) is 9.47 Å². The molecule has 0 aliphatic carbocycles. The van der Waals surface area contributed by atoms with Crippen LogP contribution in [-0.2, 0) is 6.54 Å². The van der Waals surface area contributed by atoms with Crippen LogP contribution < -0.4 is 25.5 Å². The highest BCUT2D eigenvalue weighted by atomic mass is 79.9. The number of halogens is 1. The van der Waals surface area contributed by atoms with Gasteiger partial charge in [-0.3, -0.25) is 4.79 Å². The third-order valence-electron chi connectivity index (χ3n) is 5.28. The number of hydrogen-bond donors (Lipinski definition) is 3. The molecule has 2 aromatic carbocycles. The summed E-state index contributed by atoms with van der Waals surface area (Å²) in [7, 11) is 3.30. The van der Waals surface area contributed by atoms with E-state index in [2.05, 4.69) is 38.5 Å². The Morgan fingerprint density at radius 2 is 1.77 bits per heavy atom. The molecule has 1 heterocycles. The largest absolute Gasteiger partial charge is 0.495 e. The van der Waals surface area contributed by atoms with Gasteiger partial charge in [-0.05, 0) is 64.6 Å². The first-order valence-corrected chi connectivity index (χ1v) is 11.3. The zero-order chi connectivity index (χ0) is 22.2. The third-order valence-corrected chi connectivity index (χ3v) is 6.06. The topological polar surface area (TPSA) is 75.4 Å². The van der Waals surface area contributed by atoms with Crippen molar-refractivity contribution in [3.05, 3.63) is 62.7 Å². The lowest BCUT2D eigenvalue weighted by atomic mass is 10.0. The highest BCUT2D eigenvalue weighted by Gasteiger charge is 2.12. The lowest BCUT2D eigenvalue weighted by molar-refractivity contribution is 0.387. The van der Waals surface area contributed by atoms with Crippen LogP contribution in [0.25, 0.3) is 10.9 Å². The second kappa shape index (κ2) is 11.2. The van der Waals surface area contributed by atoms with Crippen molar-refractivity contribution in [2.75, 3.05) is 32.6 Å². The minimum atomic E-state index is 0.0279. The quantitative estimate of drug-likeness (QED) is 0.357. The number of benzene rings is 2. The van der Waals surface area contributed by atoms with Crippen LogP contribution in [0.15, 0.2) is 51.7 Å². The standard InChI is InChI=1S/C24H30BrN3O3/c1-4-7-16(13-26-14-17-10-21(30-2)24(25)22(11-17)31-3)15-27-23-12-20(29)18-8-5-6-9-19(18)28-23/h5-6,8-12,16,26H,4,7,13-15H2,1-3H3,(H2,27,28,29). The molecular weight excluding hydrogens is 458 g/mol. The van der Waals surface area contributed by atoms with Crippen molar-refractivity contribution in [3.63, 3.8) is 0 Å². The average Bonchev–Trinajstić information content (AvgIpc) is 2.78. The number of para-hydroxylation sites is 1. The number of methoxy groups -OCH3 is 2. The van der Waals surface area contributed by atoms with Crippen molar-refractivity contribution in [1.29, 1.82) is 0 Å². The van der Waals surface area contributed by atoms with E-state index in [0.29, 0.717) is 17.8 Å². The number of rotatable bonds is 11. The van der Waals surface area contributed by atoms with Crippen LogP contribution in [0.2, 0.25) is 0 Å². The fraction of sp³-hybridized carbons (Fsp3) is 0.375. The lowest BCUT2D eigenvalue weighted by Crippen LogP contribution is -2.28. The second-order valence-corrected chi connectivity index (χ2v) is 8.37. The first-order chi connectivity index (χ1) is 15.0. The number of H-pyrrole nitrogens is 1. The van der Waals surface area contributed by atoms with Gasteiger partial charge in [-0.25, -0.2) is 0 Å². The van der Waals surface area contributed by atoms with Crippen LogP contribution >= 0.6 is 15.9 Å². The van der Waals surface area contributed by atoms with Crippen LogP contribution in [0, 0.1) is 5.92 Å². The second-order valence-electron chi connectivity index (χ2n) is 7.57. The van der Waals surface area contributed by atoms with Crippen LogP contribution in [0.1, 0.15) is 25.3 Å². The zero-order valence-corrected chi connectivity index (χ0v) is 19.8. The molecule has 0 saturated heterocycles. The number of nitrogens with one attached hydrogen (secondary N) is 3. The van der Waals surface area contributed by atoms with Crippen LogP contribution in [0.4, 0.5) is 5.82 Å². The predicted octanol–water partition coefficient (Wildman–Crippen LogP) is 4.93. The molecule has 1 aromatic heterocycles.